The van der Waals surface area contributed by atoms with Gasteiger partial charge in [-0.3, -0.25) is 14.4 Å². The molecule has 1 atom stereocenters. The second-order valence-electron chi connectivity index (χ2n) is 12.0. The number of nitrogens with zero attached hydrogens (tertiary/aromatic N) is 4. The molecule has 1 unspecified atom stereocenters. The Morgan fingerprint density at radius 1 is 0.927 bits per heavy atom. The lowest BCUT2D eigenvalue weighted by Crippen LogP contribution is -2.56. The number of piperazine rings is 1. The molecule has 222 valence electrons. The summed E-state index contributed by atoms with van der Waals surface area (Å²) in [5.74, 6) is -0.965. The molecule has 1 aromatic heterocycles. The lowest BCUT2D eigenvalue weighted by Gasteiger charge is -2.35. The third kappa shape index (κ3) is 8.99. The minimum atomic E-state index is -1.01. The highest BCUT2D eigenvalue weighted by Gasteiger charge is 2.32. The van der Waals surface area contributed by atoms with Gasteiger partial charge in [0.2, 0.25) is 5.91 Å². The molecule has 41 heavy (non-hydrogen) atoms. The maximum atomic E-state index is 13.6. The normalized spacial score (nSPS) is 14.7. The van der Waals surface area contributed by atoms with Crippen molar-refractivity contribution in [3.63, 3.8) is 0 Å². The fraction of sp³-hybridized carbons (Fsp3) is 0.533. The predicted molar refractivity (Wildman–Crippen MR) is 153 cm³/mol. The van der Waals surface area contributed by atoms with E-state index in [-0.39, 0.29) is 42.9 Å². The summed E-state index contributed by atoms with van der Waals surface area (Å²) in [5.41, 5.74) is 0.504. The molecule has 0 saturated carbocycles. The Morgan fingerprint density at radius 3 is 2.10 bits per heavy atom. The summed E-state index contributed by atoms with van der Waals surface area (Å²) in [7, 11) is 1.31. The van der Waals surface area contributed by atoms with E-state index < -0.39 is 29.6 Å². The number of carbonyl (C=O) groups excluding carboxylic acids is 4. The van der Waals surface area contributed by atoms with E-state index in [0.717, 1.165) is 5.56 Å². The summed E-state index contributed by atoms with van der Waals surface area (Å²) >= 11 is 0. The largest absolute Gasteiger partial charge is 0.460 e. The first-order chi connectivity index (χ1) is 19.2. The van der Waals surface area contributed by atoms with E-state index in [1.165, 1.54) is 12.0 Å². The monoisotopic (exact) mass is 567 g/mol. The van der Waals surface area contributed by atoms with Crippen LogP contribution in [0.1, 0.15) is 70.6 Å². The van der Waals surface area contributed by atoms with Crippen molar-refractivity contribution in [3.8, 4) is 11.4 Å². The zero-order valence-corrected chi connectivity index (χ0v) is 25.0. The molecule has 2 heterocycles. The fourth-order valence-electron chi connectivity index (χ4n) is 4.27. The van der Waals surface area contributed by atoms with Crippen molar-refractivity contribution in [3.05, 3.63) is 47.8 Å². The van der Waals surface area contributed by atoms with Crippen molar-refractivity contribution >= 4 is 23.9 Å². The van der Waals surface area contributed by atoms with Crippen LogP contribution in [-0.2, 0) is 24.5 Å². The molecule has 11 heteroatoms. The van der Waals surface area contributed by atoms with Gasteiger partial charge >= 0.3 is 12.1 Å². The van der Waals surface area contributed by atoms with Crippen LogP contribution in [0.2, 0.25) is 0 Å². The SMILES string of the molecule is COC(=O)N1CCN(C(=O)C(CCC(=O)OC(C)(C)C)NC(=O)c2cc(C(C)(C)C)nc(-c3ccccc3)n2)CC1. The van der Waals surface area contributed by atoms with Crippen LogP contribution >= 0.6 is 0 Å². The van der Waals surface area contributed by atoms with Crippen LogP contribution in [0.15, 0.2) is 36.4 Å². The third-order valence-electron chi connectivity index (χ3n) is 6.44. The Balaban J connectivity index is 1.86. The van der Waals surface area contributed by atoms with Crippen LogP contribution in [0.4, 0.5) is 4.79 Å². The van der Waals surface area contributed by atoms with E-state index in [2.05, 4.69) is 10.3 Å². The highest BCUT2D eigenvalue weighted by Crippen LogP contribution is 2.24. The maximum Gasteiger partial charge on any atom is 0.409 e. The second kappa shape index (κ2) is 13.1. The molecule has 2 aromatic rings. The Labute approximate surface area is 241 Å². The van der Waals surface area contributed by atoms with Crippen molar-refractivity contribution in [2.45, 2.75) is 71.4 Å². The lowest BCUT2D eigenvalue weighted by molar-refractivity contribution is -0.155. The molecule has 0 radical (unpaired) electrons. The summed E-state index contributed by atoms with van der Waals surface area (Å²) in [6, 6.07) is 9.98. The fourth-order valence-corrected chi connectivity index (χ4v) is 4.27. The predicted octanol–water partition coefficient (Wildman–Crippen LogP) is 3.57. The molecule has 0 bridgehead atoms. The van der Waals surface area contributed by atoms with Gasteiger partial charge in [0.25, 0.3) is 5.91 Å². The average Bonchev–Trinajstić information content (AvgIpc) is 2.93. The standard InChI is InChI=1S/C30H41N5O6/c1-29(2,3)23-19-22(31-25(33-23)20-11-9-8-10-12-20)26(37)32-21(13-14-24(36)41-30(4,5)6)27(38)34-15-17-35(18-16-34)28(39)40-7/h8-12,19,21H,13-18H2,1-7H3,(H,32,37). The highest BCUT2D eigenvalue weighted by molar-refractivity contribution is 5.96. The Morgan fingerprint density at radius 2 is 1.54 bits per heavy atom. The molecular formula is C30H41N5O6. The van der Waals surface area contributed by atoms with E-state index >= 15 is 0 Å². The van der Waals surface area contributed by atoms with E-state index in [9.17, 15) is 19.2 Å². The molecule has 0 spiro atoms. The molecule has 1 aromatic carbocycles. The van der Waals surface area contributed by atoms with E-state index in [4.69, 9.17) is 14.5 Å². The molecule has 0 aliphatic carbocycles. The number of hydrogen-bond acceptors (Lipinski definition) is 8. The number of amides is 3. The highest BCUT2D eigenvalue weighted by atomic mass is 16.6. The van der Waals surface area contributed by atoms with Gasteiger partial charge in [0.05, 0.1) is 12.8 Å². The van der Waals surface area contributed by atoms with Crippen LogP contribution in [0.5, 0.6) is 0 Å². The topological polar surface area (TPSA) is 131 Å². The zero-order valence-electron chi connectivity index (χ0n) is 25.0. The van der Waals surface area contributed by atoms with Gasteiger partial charge in [-0.05, 0) is 33.3 Å². The molecular weight excluding hydrogens is 526 g/mol. The molecule has 11 nitrogen and oxygen atoms in total. The third-order valence-corrected chi connectivity index (χ3v) is 6.44. The van der Waals surface area contributed by atoms with E-state index in [1.807, 2.05) is 51.1 Å². The van der Waals surface area contributed by atoms with Crippen LogP contribution < -0.4 is 5.32 Å². The first kappa shape index (κ1) is 31.5. The number of esters is 1. The molecule has 1 N–H and O–H groups in total. The summed E-state index contributed by atoms with van der Waals surface area (Å²) in [6.45, 7) is 12.4. The summed E-state index contributed by atoms with van der Waals surface area (Å²) in [4.78, 5) is 63.9. The van der Waals surface area contributed by atoms with Crippen LogP contribution in [0.25, 0.3) is 11.4 Å². The van der Waals surface area contributed by atoms with Crippen molar-refractivity contribution < 1.29 is 28.7 Å². The van der Waals surface area contributed by atoms with Crippen molar-refractivity contribution in [2.75, 3.05) is 33.3 Å². The van der Waals surface area contributed by atoms with Gasteiger partial charge in [0, 0.05) is 43.6 Å². The van der Waals surface area contributed by atoms with Gasteiger partial charge in [-0.15, -0.1) is 0 Å². The number of aromatic nitrogens is 2. The summed E-state index contributed by atoms with van der Waals surface area (Å²) in [6.07, 6.45) is -0.485. The van der Waals surface area contributed by atoms with Crippen molar-refractivity contribution in [2.24, 2.45) is 0 Å². The van der Waals surface area contributed by atoms with Crippen LogP contribution in [0.3, 0.4) is 0 Å². The van der Waals surface area contributed by atoms with Gasteiger partial charge in [0.15, 0.2) is 5.82 Å². The van der Waals surface area contributed by atoms with Crippen molar-refractivity contribution in [1.82, 2.24) is 25.1 Å². The van der Waals surface area contributed by atoms with Crippen molar-refractivity contribution in [1.29, 1.82) is 0 Å². The Hall–Kier alpha value is -4.02. The van der Waals surface area contributed by atoms with E-state index in [1.54, 1.807) is 31.7 Å². The quantitative estimate of drug-likeness (QED) is 0.503. The first-order valence-corrected chi connectivity index (χ1v) is 13.8. The number of carbonyl (C=O) groups is 4. The van der Waals surface area contributed by atoms with Crippen LogP contribution in [-0.4, -0.2) is 88.6 Å². The van der Waals surface area contributed by atoms with Gasteiger partial charge < -0.3 is 24.6 Å². The summed E-state index contributed by atoms with van der Waals surface area (Å²) in [5, 5.41) is 2.82. The molecule has 1 saturated heterocycles. The molecule has 3 amide bonds. The number of methoxy groups -OCH3 is 1. The smallest absolute Gasteiger partial charge is 0.409 e. The second-order valence-corrected chi connectivity index (χ2v) is 12.0. The van der Waals surface area contributed by atoms with Crippen LogP contribution in [0, 0.1) is 0 Å². The number of hydrogen-bond donors (Lipinski definition) is 1. The van der Waals surface area contributed by atoms with Gasteiger partial charge in [0.1, 0.15) is 17.3 Å². The molecule has 1 aliphatic heterocycles. The van der Waals surface area contributed by atoms with Gasteiger partial charge in [-0.25, -0.2) is 14.8 Å². The lowest BCUT2D eigenvalue weighted by atomic mass is 9.91. The zero-order chi connectivity index (χ0) is 30.4. The molecule has 3 rings (SSSR count). The number of nitrogens with one attached hydrogen (secondary N) is 1. The molecule has 1 fully saturated rings. The number of benzene rings is 1. The minimum absolute atomic E-state index is 0.0411. The Bertz CT molecular complexity index is 1240. The summed E-state index contributed by atoms with van der Waals surface area (Å²) < 4.78 is 10.2. The minimum Gasteiger partial charge on any atom is -0.460 e. The van der Waals surface area contributed by atoms with Gasteiger partial charge in [-0.2, -0.15) is 0 Å². The maximum absolute atomic E-state index is 13.6. The average molecular weight is 568 g/mol. The number of ether oxygens (including phenoxy) is 2. The first-order valence-electron chi connectivity index (χ1n) is 13.8. The number of rotatable bonds is 7. The van der Waals surface area contributed by atoms with E-state index in [0.29, 0.717) is 24.6 Å². The van der Waals surface area contributed by atoms with Gasteiger partial charge in [-0.1, -0.05) is 51.1 Å². The molecule has 1 aliphatic rings. The Kier molecular flexibility index (Phi) is 10.1.